The zero-order valence-corrected chi connectivity index (χ0v) is 16.8. The average Bonchev–Trinajstić information content (AvgIpc) is 3.59. The van der Waals surface area contributed by atoms with Gasteiger partial charge >= 0.3 is 0 Å². The summed E-state index contributed by atoms with van der Waals surface area (Å²) in [4.78, 5) is 8.52. The Labute approximate surface area is 170 Å². The quantitative estimate of drug-likeness (QED) is 0.589. The number of nitrogens with zero attached hydrogens (tertiary/aromatic N) is 2. The first-order chi connectivity index (χ1) is 14.0. The van der Waals surface area contributed by atoms with E-state index in [0.717, 1.165) is 22.6 Å². The first kappa shape index (κ1) is 19.2. The lowest BCUT2D eigenvalue weighted by Gasteiger charge is -2.11. The molecule has 0 saturated heterocycles. The van der Waals surface area contributed by atoms with Crippen molar-refractivity contribution in [1.29, 1.82) is 0 Å². The third kappa shape index (κ3) is 4.65. The maximum absolute atomic E-state index is 12.3. The fraction of sp³-hybridized carbons (Fsp3) is 0.238. The van der Waals surface area contributed by atoms with Crippen molar-refractivity contribution < 1.29 is 13.2 Å². The summed E-state index contributed by atoms with van der Waals surface area (Å²) in [7, 11) is -1.75. The van der Waals surface area contributed by atoms with Crippen LogP contribution in [0.4, 0.5) is 11.5 Å². The standard InChI is InChI=1S/C21H22N4O3S/c1-28-18-8-6-17(7-9-18)24-14-15-2-4-16(5-3-15)20-21(23-13-12-22-20)25-29(26,27)19-10-11-19/h2-9,12-13,19,24H,10-11,14H2,1H3,(H,23,25). The minimum absolute atomic E-state index is 0.267. The molecule has 7 nitrogen and oxygen atoms in total. The Balaban J connectivity index is 1.46. The van der Waals surface area contributed by atoms with Gasteiger partial charge in [-0.2, -0.15) is 0 Å². The Bertz CT molecular complexity index is 1080. The van der Waals surface area contributed by atoms with Crippen molar-refractivity contribution in [3.8, 4) is 17.0 Å². The predicted molar refractivity (Wildman–Crippen MR) is 113 cm³/mol. The molecule has 8 heteroatoms. The molecular formula is C21H22N4O3S. The number of sulfonamides is 1. The molecule has 29 heavy (non-hydrogen) atoms. The summed E-state index contributed by atoms with van der Waals surface area (Å²) < 4.78 is 32.3. The molecule has 0 unspecified atom stereocenters. The van der Waals surface area contributed by atoms with E-state index in [1.807, 2.05) is 48.5 Å². The molecule has 1 aliphatic carbocycles. The van der Waals surface area contributed by atoms with Gasteiger partial charge < -0.3 is 10.1 Å². The van der Waals surface area contributed by atoms with Gasteiger partial charge in [-0.25, -0.2) is 13.4 Å². The summed E-state index contributed by atoms with van der Waals surface area (Å²) in [6.45, 7) is 0.661. The molecule has 0 spiro atoms. The molecule has 2 N–H and O–H groups in total. The minimum atomic E-state index is -3.39. The molecule has 150 valence electrons. The first-order valence-electron chi connectivity index (χ1n) is 9.35. The highest BCUT2D eigenvalue weighted by Crippen LogP contribution is 2.31. The Morgan fingerprint density at radius 1 is 1.00 bits per heavy atom. The number of hydrogen-bond acceptors (Lipinski definition) is 6. The Morgan fingerprint density at radius 3 is 2.34 bits per heavy atom. The number of hydrogen-bond donors (Lipinski definition) is 2. The van der Waals surface area contributed by atoms with Gasteiger partial charge in [-0.1, -0.05) is 24.3 Å². The summed E-state index contributed by atoms with van der Waals surface area (Å²) in [6, 6.07) is 15.6. The molecule has 0 aliphatic heterocycles. The van der Waals surface area contributed by atoms with E-state index in [0.29, 0.717) is 25.1 Å². The molecule has 3 aromatic rings. The Hall–Kier alpha value is -3.13. The molecule has 1 fully saturated rings. The van der Waals surface area contributed by atoms with Crippen molar-refractivity contribution in [2.24, 2.45) is 0 Å². The first-order valence-corrected chi connectivity index (χ1v) is 10.9. The van der Waals surface area contributed by atoms with Gasteiger partial charge in [0.25, 0.3) is 0 Å². The monoisotopic (exact) mass is 410 g/mol. The number of anilines is 2. The van der Waals surface area contributed by atoms with Crippen molar-refractivity contribution >= 4 is 21.5 Å². The molecule has 4 rings (SSSR count). The third-order valence-corrected chi connectivity index (χ3v) is 6.54. The Morgan fingerprint density at radius 2 is 1.69 bits per heavy atom. The van der Waals surface area contributed by atoms with E-state index >= 15 is 0 Å². The van der Waals surface area contributed by atoms with Gasteiger partial charge in [0.2, 0.25) is 10.0 Å². The summed E-state index contributed by atoms with van der Waals surface area (Å²) in [5.74, 6) is 1.08. The highest BCUT2D eigenvalue weighted by molar-refractivity contribution is 7.93. The molecule has 2 aromatic carbocycles. The average molecular weight is 410 g/mol. The van der Waals surface area contributed by atoms with E-state index in [4.69, 9.17) is 4.74 Å². The third-order valence-electron chi connectivity index (χ3n) is 4.71. The number of rotatable bonds is 8. The van der Waals surface area contributed by atoms with Crippen LogP contribution in [-0.4, -0.2) is 30.7 Å². The summed E-state index contributed by atoms with van der Waals surface area (Å²) in [6.07, 6.45) is 4.44. The molecule has 0 radical (unpaired) electrons. The normalized spacial score (nSPS) is 13.7. The number of nitrogens with one attached hydrogen (secondary N) is 2. The van der Waals surface area contributed by atoms with Crippen molar-refractivity contribution in [3.63, 3.8) is 0 Å². The largest absolute Gasteiger partial charge is 0.497 e. The molecule has 0 atom stereocenters. The van der Waals surface area contributed by atoms with Gasteiger partial charge in [0, 0.05) is 30.2 Å². The zero-order chi connectivity index (χ0) is 20.3. The van der Waals surface area contributed by atoms with Gasteiger partial charge in [-0.15, -0.1) is 0 Å². The van der Waals surface area contributed by atoms with E-state index in [-0.39, 0.29) is 11.1 Å². The summed E-state index contributed by atoms with van der Waals surface area (Å²) in [5.41, 5.74) is 3.42. The predicted octanol–water partition coefficient (Wildman–Crippen LogP) is 3.67. The van der Waals surface area contributed by atoms with Crippen LogP contribution in [0, 0.1) is 0 Å². The highest BCUT2D eigenvalue weighted by atomic mass is 32.2. The van der Waals surface area contributed by atoms with Gasteiger partial charge in [0.15, 0.2) is 5.82 Å². The second kappa shape index (κ2) is 8.08. The van der Waals surface area contributed by atoms with Crippen molar-refractivity contribution in [2.75, 3.05) is 17.1 Å². The van der Waals surface area contributed by atoms with Crippen LogP contribution in [0.1, 0.15) is 18.4 Å². The van der Waals surface area contributed by atoms with Crippen LogP contribution in [0.2, 0.25) is 0 Å². The van der Waals surface area contributed by atoms with E-state index < -0.39 is 10.0 Å². The topological polar surface area (TPSA) is 93.2 Å². The smallest absolute Gasteiger partial charge is 0.236 e. The second-order valence-electron chi connectivity index (χ2n) is 6.88. The fourth-order valence-electron chi connectivity index (χ4n) is 2.91. The lowest BCUT2D eigenvalue weighted by Crippen LogP contribution is -2.19. The van der Waals surface area contributed by atoms with Crippen molar-refractivity contribution in [1.82, 2.24) is 9.97 Å². The maximum Gasteiger partial charge on any atom is 0.236 e. The van der Waals surface area contributed by atoms with Gasteiger partial charge in [-0.3, -0.25) is 9.71 Å². The SMILES string of the molecule is COc1ccc(NCc2ccc(-c3nccnc3NS(=O)(=O)C3CC3)cc2)cc1. The molecule has 1 heterocycles. The number of methoxy groups -OCH3 is 1. The molecule has 1 aliphatic rings. The van der Waals surface area contributed by atoms with Crippen molar-refractivity contribution in [2.45, 2.75) is 24.6 Å². The number of benzene rings is 2. The number of aromatic nitrogens is 2. The van der Waals surface area contributed by atoms with E-state index in [9.17, 15) is 8.42 Å². The lowest BCUT2D eigenvalue weighted by atomic mass is 10.1. The number of ether oxygens (including phenoxy) is 1. The molecule has 0 bridgehead atoms. The van der Waals surface area contributed by atoms with Gasteiger partial charge in [-0.05, 0) is 42.7 Å². The Kier molecular flexibility index (Phi) is 5.35. The van der Waals surface area contributed by atoms with Crippen LogP contribution in [0.15, 0.2) is 60.9 Å². The van der Waals surface area contributed by atoms with E-state index in [2.05, 4.69) is 20.0 Å². The van der Waals surface area contributed by atoms with Crippen LogP contribution in [0.5, 0.6) is 5.75 Å². The fourth-order valence-corrected chi connectivity index (χ4v) is 4.26. The van der Waals surface area contributed by atoms with Gasteiger partial charge in [0.05, 0.1) is 12.4 Å². The van der Waals surface area contributed by atoms with Crippen LogP contribution in [-0.2, 0) is 16.6 Å². The van der Waals surface area contributed by atoms with Crippen LogP contribution in [0.3, 0.4) is 0 Å². The molecular weight excluding hydrogens is 388 g/mol. The van der Waals surface area contributed by atoms with Crippen LogP contribution in [0.25, 0.3) is 11.3 Å². The van der Waals surface area contributed by atoms with E-state index in [1.54, 1.807) is 13.3 Å². The van der Waals surface area contributed by atoms with Crippen LogP contribution >= 0.6 is 0 Å². The molecule has 1 aromatic heterocycles. The minimum Gasteiger partial charge on any atom is -0.497 e. The molecule has 1 saturated carbocycles. The zero-order valence-electron chi connectivity index (χ0n) is 16.0. The van der Waals surface area contributed by atoms with Gasteiger partial charge in [0.1, 0.15) is 11.4 Å². The highest BCUT2D eigenvalue weighted by Gasteiger charge is 2.36. The summed E-state index contributed by atoms with van der Waals surface area (Å²) in [5, 5.41) is 3.04. The van der Waals surface area contributed by atoms with Crippen LogP contribution < -0.4 is 14.8 Å². The summed E-state index contributed by atoms with van der Waals surface area (Å²) >= 11 is 0. The second-order valence-corrected chi connectivity index (χ2v) is 8.84. The maximum atomic E-state index is 12.3. The van der Waals surface area contributed by atoms with Crippen molar-refractivity contribution in [3.05, 3.63) is 66.5 Å². The van der Waals surface area contributed by atoms with E-state index in [1.165, 1.54) is 6.20 Å². The lowest BCUT2D eigenvalue weighted by molar-refractivity contribution is 0.415. The molecule has 0 amide bonds.